The Bertz CT molecular complexity index is 269. The molecule has 0 saturated heterocycles. The van der Waals surface area contributed by atoms with Gasteiger partial charge in [-0.3, -0.25) is 9.59 Å². The zero-order valence-electron chi connectivity index (χ0n) is 12.1. The molecule has 0 rings (SSSR count). The molecule has 0 radical (unpaired) electrons. The van der Waals surface area contributed by atoms with Crippen LogP contribution in [0.15, 0.2) is 0 Å². The van der Waals surface area contributed by atoms with Crippen LogP contribution in [-0.4, -0.2) is 18.2 Å². The van der Waals surface area contributed by atoms with Crippen molar-refractivity contribution >= 4 is 11.7 Å². The summed E-state index contributed by atoms with van der Waals surface area (Å²) in [5.41, 5.74) is 0.101. The molecule has 0 aliphatic heterocycles. The third-order valence-corrected chi connectivity index (χ3v) is 2.17. The SMILES string of the molecule is CC(C)(C)CNC(=O)CCC(=O)CC(C)(C)C. The molecule has 0 aliphatic carbocycles. The van der Waals surface area contributed by atoms with Crippen LogP contribution < -0.4 is 5.32 Å². The summed E-state index contributed by atoms with van der Waals surface area (Å²) in [7, 11) is 0. The van der Waals surface area contributed by atoms with Gasteiger partial charge in [0.05, 0.1) is 0 Å². The predicted molar refractivity (Wildman–Crippen MR) is 70.8 cm³/mol. The van der Waals surface area contributed by atoms with E-state index in [4.69, 9.17) is 0 Å². The molecule has 17 heavy (non-hydrogen) atoms. The second-order valence-corrected chi connectivity index (χ2v) is 7.11. The summed E-state index contributed by atoms with van der Waals surface area (Å²) in [5, 5.41) is 2.85. The second-order valence-electron chi connectivity index (χ2n) is 7.11. The fraction of sp³-hybridized carbons (Fsp3) is 0.857. The number of nitrogens with one attached hydrogen (secondary N) is 1. The lowest BCUT2D eigenvalue weighted by Crippen LogP contribution is -2.32. The molecule has 0 heterocycles. The maximum atomic E-state index is 11.6. The molecule has 0 aromatic carbocycles. The van der Waals surface area contributed by atoms with Crippen molar-refractivity contribution in [2.24, 2.45) is 10.8 Å². The summed E-state index contributed by atoms with van der Waals surface area (Å²) in [4.78, 5) is 23.1. The summed E-state index contributed by atoms with van der Waals surface area (Å²) in [6, 6.07) is 0. The molecule has 1 amide bonds. The number of carbonyl (C=O) groups is 2. The van der Waals surface area contributed by atoms with Gasteiger partial charge in [0, 0.05) is 25.8 Å². The summed E-state index contributed by atoms with van der Waals surface area (Å²) in [6.45, 7) is 13.0. The Labute approximate surface area is 105 Å². The molecular formula is C14H27NO2. The van der Waals surface area contributed by atoms with Gasteiger partial charge in [0.2, 0.25) is 5.91 Å². The third kappa shape index (κ3) is 11.4. The Morgan fingerprint density at radius 2 is 1.41 bits per heavy atom. The van der Waals surface area contributed by atoms with E-state index in [-0.39, 0.29) is 22.5 Å². The van der Waals surface area contributed by atoms with Crippen LogP contribution in [0.2, 0.25) is 0 Å². The quantitative estimate of drug-likeness (QED) is 0.804. The minimum absolute atomic E-state index is 0.0129. The summed E-state index contributed by atoms with van der Waals surface area (Å²) >= 11 is 0. The molecule has 0 bridgehead atoms. The molecule has 3 nitrogen and oxygen atoms in total. The van der Waals surface area contributed by atoms with Gasteiger partial charge in [-0.25, -0.2) is 0 Å². The maximum Gasteiger partial charge on any atom is 0.220 e. The van der Waals surface area contributed by atoms with E-state index in [1.165, 1.54) is 0 Å². The average molecular weight is 241 g/mol. The van der Waals surface area contributed by atoms with Crippen molar-refractivity contribution in [3.8, 4) is 0 Å². The van der Waals surface area contributed by atoms with Crippen LogP contribution in [0.4, 0.5) is 0 Å². The zero-order chi connectivity index (χ0) is 13.7. The Morgan fingerprint density at radius 1 is 0.882 bits per heavy atom. The molecule has 0 aliphatic rings. The van der Waals surface area contributed by atoms with Gasteiger partial charge in [-0.15, -0.1) is 0 Å². The highest BCUT2D eigenvalue weighted by molar-refractivity contribution is 5.85. The lowest BCUT2D eigenvalue weighted by molar-refractivity contribution is -0.126. The normalized spacial score (nSPS) is 12.4. The molecule has 0 unspecified atom stereocenters. The van der Waals surface area contributed by atoms with Crippen molar-refractivity contribution in [3.63, 3.8) is 0 Å². The van der Waals surface area contributed by atoms with E-state index < -0.39 is 0 Å². The van der Waals surface area contributed by atoms with Crippen molar-refractivity contribution in [2.75, 3.05) is 6.54 Å². The highest BCUT2D eigenvalue weighted by Gasteiger charge is 2.17. The minimum Gasteiger partial charge on any atom is -0.356 e. The van der Waals surface area contributed by atoms with Gasteiger partial charge in [0.1, 0.15) is 5.78 Å². The van der Waals surface area contributed by atoms with Crippen LogP contribution in [0.3, 0.4) is 0 Å². The molecule has 0 saturated carbocycles. The Hall–Kier alpha value is -0.860. The van der Waals surface area contributed by atoms with Crippen LogP contribution in [0.5, 0.6) is 0 Å². The van der Waals surface area contributed by atoms with Crippen LogP contribution in [0.1, 0.15) is 60.8 Å². The summed E-state index contributed by atoms with van der Waals surface area (Å²) in [5.74, 6) is 0.144. The number of ketones is 1. The first-order valence-electron chi connectivity index (χ1n) is 6.28. The Balaban J connectivity index is 3.82. The first kappa shape index (κ1) is 16.1. The fourth-order valence-electron chi connectivity index (χ4n) is 1.38. The van der Waals surface area contributed by atoms with Gasteiger partial charge in [0.15, 0.2) is 0 Å². The summed E-state index contributed by atoms with van der Waals surface area (Å²) < 4.78 is 0. The predicted octanol–water partition coefficient (Wildman–Crippen LogP) is 2.93. The monoisotopic (exact) mass is 241 g/mol. The lowest BCUT2D eigenvalue weighted by atomic mass is 9.89. The summed E-state index contributed by atoms with van der Waals surface area (Å²) in [6.07, 6.45) is 1.21. The third-order valence-electron chi connectivity index (χ3n) is 2.17. The van der Waals surface area contributed by atoms with Gasteiger partial charge in [-0.2, -0.15) is 0 Å². The molecule has 0 spiro atoms. The number of carbonyl (C=O) groups excluding carboxylic acids is 2. The minimum atomic E-state index is -0.0258. The lowest BCUT2D eigenvalue weighted by Gasteiger charge is -2.19. The van der Waals surface area contributed by atoms with E-state index >= 15 is 0 Å². The van der Waals surface area contributed by atoms with Crippen molar-refractivity contribution in [1.29, 1.82) is 0 Å². The number of Topliss-reactive ketones (excluding diaryl/α,β-unsaturated/α-hetero) is 1. The van der Waals surface area contributed by atoms with Crippen molar-refractivity contribution < 1.29 is 9.59 Å². The van der Waals surface area contributed by atoms with E-state index in [1.54, 1.807) is 0 Å². The van der Waals surface area contributed by atoms with E-state index in [1.807, 2.05) is 20.8 Å². The largest absolute Gasteiger partial charge is 0.356 e. The highest BCUT2D eigenvalue weighted by atomic mass is 16.2. The smallest absolute Gasteiger partial charge is 0.220 e. The van der Waals surface area contributed by atoms with E-state index in [9.17, 15) is 9.59 Å². The number of hydrogen-bond donors (Lipinski definition) is 1. The molecule has 0 aromatic rings. The molecule has 1 N–H and O–H groups in total. The topological polar surface area (TPSA) is 46.2 Å². The Kier molecular flexibility index (Phi) is 5.86. The second kappa shape index (κ2) is 6.18. The van der Waals surface area contributed by atoms with Gasteiger partial charge in [0.25, 0.3) is 0 Å². The van der Waals surface area contributed by atoms with Crippen molar-refractivity contribution in [1.82, 2.24) is 5.32 Å². The maximum absolute atomic E-state index is 11.6. The van der Waals surface area contributed by atoms with Crippen LogP contribution in [-0.2, 0) is 9.59 Å². The van der Waals surface area contributed by atoms with E-state index in [0.717, 1.165) is 0 Å². The van der Waals surface area contributed by atoms with Crippen LogP contribution >= 0.6 is 0 Å². The number of amides is 1. The molecule has 100 valence electrons. The van der Waals surface area contributed by atoms with Gasteiger partial charge >= 0.3 is 0 Å². The van der Waals surface area contributed by atoms with Crippen molar-refractivity contribution in [3.05, 3.63) is 0 Å². The van der Waals surface area contributed by atoms with Gasteiger partial charge in [-0.05, 0) is 10.8 Å². The molecule has 0 atom stereocenters. The first-order chi connectivity index (χ1) is 7.49. The van der Waals surface area contributed by atoms with Crippen LogP contribution in [0, 0.1) is 10.8 Å². The van der Waals surface area contributed by atoms with Gasteiger partial charge in [-0.1, -0.05) is 41.5 Å². The highest BCUT2D eigenvalue weighted by Crippen LogP contribution is 2.20. The Morgan fingerprint density at radius 3 is 1.82 bits per heavy atom. The molecular weight excluding hydrogens is 214 g/mol. The fourth-order valence-corrected chi connectivity index (χ4v) is 1.38. The molecule has 0 aromatic heterocycles. The van der Waals surface area contributed by atoms with E-state index in [2.05, 4.69) is 26.1 Å². The standard InChI is InChI=1S/C14H27NO2/c1-13(2,3)9-11(16)7-8-12(17)15-10-14(4,5)6/h7-10H2,1-6H3,(H,15,17). The molecule has 0 fully saturated rings. The van der Waals surface area contributed by atoms with Crippen LogP contribution in [0.25, 0.3) is 0 Å². The average Bonchev–Trinajstić information content (AvgIpc) is 2.07. The number of hydrogen-bond acceptors (Lipinski definition) is 2. The van der Waals surface area contributed by atoms with E-state index in [0.29, 0.717) is 25.8 Å². The first-order valence-corrected chi connectivity index (χ1v) is 6.28. The van der Waals surface area contributed by atoms with Gasteiger partial charge < -0.3 is 5.32 Å². The zero-order valence-corrected chi connectivity index (χ0v) is 12.1. The number of rotatable bonds is 5. The van der Waals surface area contributed by atoms with Crippen molar-refractivity contribution in [2.45, 2.75) is 60.8 Å². The molecule has 3 heteroatoms.